The Morgan fingerprint density at radius 2 is 1.82 bits per heavy atom. The third kappa shape index (κ3) is 11.0. The second-order valence-electron chi connectivity index (χ2n) is 2.60. The summed E-state index contributed by atoms with van der Waals surface area (Å²) < 4.78 is 0. The van der Waals surface area contributed by atoms with Crippen molar-refractivity contribution in [3.63, 3.8) is 0 Å². The molecular weight excluding hydrogens is 172 g/mol. The van der Waals surface area contributed by atoms with Gasteiger partial charge in [-0.05, 0) is 12.3 Å². The minimum atomic E-state index is 0. The monoisotopic (exact) mass is 189 g/mol. The zero-order valence-electron chi connectivity index (χ0n) is 7.65. The minimum absolute atomic E-state index is 0. The molecule has 64 valence electrons. The van der Waals surface area contributed by atoms with Crippen LogP contribution in [0.2, 0.25) is 0 Å². The molecule has 0 aromatic heterocycles. The molecule has 0 heterocycles. The van der Waals surface area contributed by atoms with Crippen molar-refractivity contribution in [1.29, 1.82) is 0 Å². The first-order valence-corrected chi connectivity index (χ1v) is 3.96. The molecule has 0 rings (SSSR count). The van der Waals surface area contributed by atoms with Crippen LogP contribution in [-0.2, 0) is 0 Å². The summed E-state index contributed by atoms with van der Waals surface area (Å²) in [5.74, 6) is 0.560. The van der Waals surface area contributed by atoms with Crippen molar-refractivity contribution in [2.75, 3.05) is 6.61 Å². The van der Waals surface area contributed by atoms with Gasteiger partial charge in [-0.15, -0.1) is 0 Å². The summed E-state index contributed by atoms with van der Waals surface area (Å²) in [6.45, 7) is 4.69. The minimum Gasteiger partial charge on any atom is -1.00 e. The maximum atomic E-state index is 8.75. The molecule has 0 spiro atoms. The molecule has 0 aromatic rings. The van der Waals surface area contributed by atoms with Crippen molar-refractivity contribution in [3.8, 4) is 0 Å². The fourth-order valence-corrected chi connectivity index (χ4v) is 0.917. The van der Waals surface area contributed by atoms with E-state index in [0.29, 0.717) is 12.5 Å². The van der Waals surface area contributed by atoms with E-state index in [1.54, 1.807) is 0 Å². The summed E-state index contributed by atoms with van der Waals surface area (Å²) in [4.78, 5) is 0. The van der Waals surface area contributed by atoms with Gasteiger partial charge in [0.05, 0.1) is 0 Å². The Balaban J connectivity index is -0.000000320. The Morgan fingerprint density at radius 3 is 2.09 bits per heavy atom. The first-order valence-electron chi connectivity index (χ1n) is 3.96. The van der Waals surface area contributed by atoms with Crippen LogP contribution in [0.5, 0.6) is 0 Å². The summed E-state index contributed by atoms with van der Waals surface area (Å²) in [7, 11) is 0. The van der Waals surface area contributed by atoms with E-state index in [9.17, 15) is 0 Å². The van der Waals surface area contributed by atoms with E-state index in [1.165, 1.54) is 19.3 Å². The predicted octanol–water partition coefficient (Wildman–Crippen LogP) is -1.18. The number of rotatable bonds is 5. The molecular formula is C8H18ClMgO+. The molecule has 0 aliphatic carbocycles. The maximum absolute atomic E-state index is 8.75. The molecule has 1 atom stereocenters. The largest absolute Gasteiger partial charge is 2.00 e. The van der Waals surface area contributed by atoms with Crippen molar-refractivity contribution in [3.05, 3.63) is 0 Å². The first kappa shape index (κ1) is 17.9. The van der Waals surface area contributed by atoms with Crippen LogP contribution < -0.4 is 12.4 Å². The average molecular weight is 190 g/mol. The molecule has 0 saturated carbocycles. The van der Waals surface area contributed by atoms with E-state index in [4.69, 9.17) is 5.11 Å². The first-order chi connectivity index (χ1) is 4.35. The Kier molecular flexibility index (Phi) is 22.2. The number of aliphatic hydroxyl groups excluding tert-OH is 1. The molecule has 3 heteroatoms. The van der Waals surface area contributed by atoms with Crippen LogP contribution >= 0.6 is 0 Å². The predicted molar refractivity (Wildman–Crippen MR) is 46.1 cm³/mol. The molecule has 0 saturated heterocycles. The Morgan fingerprint density at radius 1 is 1.27 bits per heavy atom. The quantitative estimate of drug-likeness (QED) is 0.541. The van der Waals surface area contributed by atoms with E-state index in [2.05, 4.69) is 13.8 Å². The van der Waals surface area contributed by atoms with Crippen LogP contribution in [0.4, 0.5) is 0 Å². The van der Waals surface area contributed by atoms with Gasteiger partial charge in [-0.2, -0.15) is 0 Å². The van der Waals surface area contributed by atoms with Crippen LogP contribution in [0.1, 0.15) is 39.5 Å². The molecule has 0 bridgehead atoms. The smallest absolute Gasteiger partial charge is 1.00 e. The molecule has 0 radical (unpaired) electrons. The van der Waals surface area contributed by atoms with Crippen molar-refractivity contribution in [2.24, 2.45) is 5.92 Å². The van der Waals surface area contributed by atoms with Crippen LogP contribution in [0.25, 0.3) is 0 Å². The van der Waals surface area contributed by atoms with Crippen molar-refractivity contribution in [1.82, 2.24) is 0 Å². The van der Waals surface area contributed by atoms with E-state index in [-0.39, 0.29) is 35.5 Å². The van der Waals surface area contributed by atoms with Crippen LogP contribution in [0.15, 0.2) is 0 Å². The van der Waals surface area contributed by atoms with Crippen LogP contribution in [0.3, 0.4) is 0 Å². The fourth-order valence-electron chi connectivity index (χ4n) is 0.917. The van der Waals surface area contributed by atoms with Gasteiger partial charge in [0.15, 0.2) is 0 Å². The van der Waals surface area contributed by atoms with Gasteiger partial charge in [0.1, 0.15) is 0 Å². The van der Waals surface area contributed by atoms with E-state index >= 15 is 0 Å². The third-order valence-corrected chi connectivity index (χ3v) is 1.80. The average Bonchev–Trinajstić information content (AvgIpc) is 1.91. The number of unbranched alkanes of at least 4 members (excludes halogenated alkanes) is 1. The van der Waals surface area contributed by atoms with E-state index < -0.39 is 0 Å². The van der Waals surface area contributed by atoms with Crippen LogP contribution in [0, 0.1) is 5.92 Å². The van der Waals surface area contributed by atoms with E-state index in [0.717, 1.165) is 6.42 Å². The summed E-state index contributed by atoms with van der Waals surface area (Å²) in [6, 6.07) is 0. The second-order valence-corrected chi connectivity index (χ2v) is 2.60. The summed E-state index contributed by atoms with van der Waals surface area (Å²) in [6.07, 6.45) is 4.83. The van der Waals surface area contributed by atoms with Crippen molar-refractivity contribution >= 4 is 23.1 Å². The molecule has 1 N–H and O–H groups in total. The summed E-state index contributed by atoms with van der Waals surface area (Å²) >= 11 is 0. The Labute approximate surface area is 92.5 Å². The molecule has 1 nitrogen and oxygen atoms in total. The van der Waals surface area contributed by atoms with Gasteiger partial charge < -0.3 is 17.5 Å². The van der Waals surface area contributed by atoms with E-state index in [1.807, 2.05) is 0 Å². The van der Waals surface area contributed by atoms with Crippen molar-refractivity contribution < 1.29 is 17.5 Å². The van der Waals surface area contributed by atoms with Gasteiger partial charge in [-0.3, -0.25) is 0 Å². The number of hydrogen-bond acceptors (Lipinski definition) is 1. The molecule has 0 aliphatic rings. The fraction of sp³-hybridized carbons (Fsp3) is 1.00. The molecule has 1 unspecified atom stereocenters. The molecule has 0 aromatic carbocycles. The molecule has 0 aliphatic heterocycles. The molecule has 0 amide bonds. The number of halogens is 1. The Hall–Kier alpha value is 1.02. The van der Waals surface area contributed by atoms with Gasteiger partial charge >= 0.3 is 23.1 Å². The topological polar surface area (TPSA) is 20.2 Å². The zero-order valence-corrected chi connectivity index (χ0v) is 9.82. The van der Waals surface area contributed by atoms with Crippen LogP contribution in [-0.4, -0.2) is 34.8 Å². The number of aliphatic hydroxyl groups is 1. The van der Waals surface area contributed by atoms with Gasteiger partial charge in [-0.1, -0.05) is 33.1 Å². The number of hydrogen-bond donors (Lipinski definition) is 1. The SMILES string of the molecule is CCCCC(CC)CO.[Cl-].[Mg+2]. The van der Waals surface area contributed by atoms with Gasteiger partial charge in [-0.25, -0.2) is 0 Å². The normalized spacial score (nSPS) is 11.2. The summed E-state index contributed by atoms with van der Waals surface area (Å²) in [5.41, 5.74) is 0. The van der Waals surface area contributed by atoms with Crippen molar-refractivity contribution in [2.45, 2.75) is 39.5 Å². The third-order valence-electron chi connectivity index (χ3n) is 1.80. The standard InChI is InChI=1S/C8H18O.ClH.Mg/c1-3-5-6-8(4-2)7-9;;/h8-9H,3-7H2,1-2H3;1H;/q;;+2/p-1. The zero-order chi connectivity index (χ0) is 7.11. The molecule has 11 heavy (non-hydrogen) atoms. The second kappa shape index (κ2) is 13.6. The Bertz CT molecular complexity index is 58.1. The van der Waals surface area contributed by atoms with Gasteiger partial charge in [0, 0.05) is 6.61 Å². The van der Waals surface area contributed by atoms with Gasteiger partial charge in [0.25, 0.3) is 0 Å². The summed E-state index contributed by atoms with van der Waals surface area (Å²) in [5, 5.41) is 8.75. The van der Waals surface area contributed by atoms with Gasteiger partial charge in [0.2, 0.25) is 0 Å². The molecule has 0 fully saturated rings. The maximum Gasteiger partial charge on any atom is 2.00 e.